The molecular weight excluding hydrogens is 346 g/mol. The molecule has 1 aromatic carbocycles. The number of benzene rings is 1. The lowest BCUT2D eigenvalue weighted by molar-refractivity contribution is 0.951. The van der Waals surface area contributed by atoms with Gasteiger partial charge in [0.1, 0.15) is 0 Å². The zero-order chi connectivity index (χ0) is 15.9. The Balaban J connectivity index is 1.52. The molecule has 0 aliphatic rings. The first-order chi connectivity index (χ1) is 11.3. The molecule has 0 aliphatic carbocycles. The summed E-state index contributed by atoms with van der Waals surface area (Å²) in [5.74, 6) is 0.801. The minimum atomic E-state index is 0.801. The molecule has 2 N–H and O–H groups in total. The van der Waals surface area contributed by atoms with Crippen LogP contribution in [-0.2, 0) is 5.75 Å². The zero-order valence-corrected chi connectivity index (χ0v) is 15.1. The molecule has 0 saturated heterocycles. The van der Waals surface area contributed by atoms with Crippen LogP contribution >= 0.6 is 34.4 Å². The molecule has 0 aliphatic heterocycles. The average molecular weight is 364 g/mol. The van der Waals surface area contributed by atoms with Gasteiger partial charge < -0.3 is 10.6 Å². The van der Waals surface area contributed by atoms with E-state index in [1.165, 1.54) is 0 Å². The van der Waals surface area contributed by atoms with Crippen molar-refractivity contribution >= 4 is 50.4 Å². The number of thiazole rings is 1. The summed E-state index contributed by atoms with van der Waals surface area (Å²) in [6, 6.07) is 10.1. The third-order valence-electron chi connectivity index (χ3n) is 2.85. The zero-order valence-electron chi connectivity index (χ0n) is 12.7. The van der Waals surface area contributed by atoms with Crippen LogP contribution in [0.4, 0.5) is 16.0 Å². The van der Waals surface area contributed by atoms with Gasteiger partial charge in [-0.15, -0.1) is 21.5 Å². The number of para-hydroxylation sites is 1. The molecule has 0 spiro atoms. The van der Waals surface area contributed by atoms with Crippen LogP contribution in [-0.4, -0.2) is 21.7 Å². The third-order valence-corrected chi connectivity index (χ3v) is 5.71. The average Bonchev–Trinajstić information content (AvgIpc) is 3.21. The van der Waals surface area contributed by atoms with Gasteiger partial charge in [0.2, 0.25) is 5.13 Å². The second-order valence-electron chi connectivity index (χ2n) is 4.72. The number of nitrogens with zero attached hydrogens (tertiary/aromatic N) is 3. The Kier molecular flexibility index (Phi) is 5.84. The molecule has 120 valence electrons. The van der Waals surface area contributed by atoms with Crippen LogP contribution < -0.4 is 10.6 Å². The summed E-state index contributed by atoms with van der Waals surface area (Å²) in [7, 11) is 0. The van der Waals surface area contributed by atoms with E-state index in [0.717, 1.165) is 44.7 Å². The normalized spacial score (nSPS) is 10.7. The molecule has 23 heavy (non-hydrogen) atoms. The van der Waals surface area contributed by atoms with Crippen LogP contribution in [0.25, 0.3) is 0 Å². The highest BCUT2D eigenvalue weighted by Crippen LogP contribution is 2.29. The van der Waals surface area contributed by atoms with E-state index in [-0.39, 0.29) is 0 Å². The van der Waals surface area contributed by atoms with Gasteiger partial charge in [0.05, 0.1) is 5.69 Å². The van der Waals surface area contributed by atoms with Crippen LogP contribution in [0.15, 0.2) is 40.1 Å². The number of nitrogens with one attached hydrogen (secondary N) is 2. The predicted molar refractivity (Wildman–Crippen MR) is 100 cm³/mol. The molecule has 3 rings (SSSR count). The smallest absolute Gasteiger partial charge is 0.206 e. The lowest BCUT2D eigenvalue weighted by atomic mass is 10.3. The predicted octanol–water partition coefficient (Wildman–Crippen LogP) is 4.85. The quantitative estimate of drug-likeness (QED) is 0.558. The molecule has 5 nitrogen and oxygen atoms in total. The first-order valence-corrected chi connectivity index (χ1v) is 9.98. The van der Waals surface area contributed by atoms with Gasteiger partial charge in [-0.1, -0.05) is 48.2 Å². The van der Waals surface area contributed by atoms with Crippen molar-refractivity contribution in [3.63, 3.8) is 0 Å². The van der Waals surface area contributed by atoms with Crippen molar-refractivity contribution in [2.45, 2.75) is 23.4 Å². The molecule has 3 aromatic rings. The lowest BCUT2D eigenvalue weighted by Gasteiger charge is -2.00. The van der Waals surface area contributed by atoms with Crippen LogP contribution in [0.5, 0.6) is 0 Å². The van der Waals surface area contributed by atoms with Crippen molar-refractivity contribution in [1.82, 2.24) is 15.2 Å². The minimum Gasteiger partial charge on any atom is -0.360 e. The Bertz CT molecular complexity index is 726. The van der Waals surface area contributed by atoms with Crippen molar-refractivity contribution in [3.05, 3.63) is 41.4 Å². The fourth-order valence-corrected chi connectivity index (χ4v) is 4.29. The Morgan fingerprint density at radius 2 is 2.00 bits per heavy atom. The highest BCUT2D eigenvalue weighted by molar-refractivity contribution is 8.00. The van der Waals surface area contributed by atoms with Gasteiger partial charge in [0, 0.05) is 23.4 Å². The third kappa shape index (κ3) is 4.92. The summed E-state index contributed by atoms with van der Waals surface area (Å²) >= 11 is 4.88. The van der Waals surface area contributed by atoms with Crippen molar-refractivity contribution in [1.29, 1.82) is 0 Å². The Morgan fingerprint density at radius 1 is 1.13 bits per heavy atom. The molecular formula is C15H17N5S3. The van der Waals surface area contributed by atoms with Gasteiger partial charge in [-0.05, 0) is 18.6 Å². The first-order valence-electron chi connectivity index (χ1n) is 7.30. The molecule has 0 atom stereocenters. The van der Waals surface area contributed by atoms with Crippen molar-refractivity contribution in [3.8, 4) is 0 Å². The highest BCUT2D eigenvalue weighted by Gasteiger charge is 2.07. The number of aromatic nitrogens is 3. The van der Waals surface area contributed by atoms with Gasteiger partial charge >= 0.3 is 0 Å². The number of anilines is 3. The van der Waals surface area contributed by atoms with E-state index in [0.29, 0.717) is 0 Å². The van der Waals surface area contributed by atoms with Gasteiger partial charge in [-0.3, -0.25) is 0 Å². The standard InChI is InChI=1S/C15H17N5S3/c1-2-8-16-13-19-20-15(23-13)22-10-12-9-21-14(18-12)17-11-6-4-3-5-7-11/h3-7,9H,2,8,10H2,1H3,(H,16,19)(H,17,18). The van der Waals surface area contributed by atoms with Crippen LogP contribution in [0.3, 0.4) is 0 Å². The van der Waals surface area contributed by atoms with E-state index in [4.69, 9.17) is 0 Å². The molecule has 0 saturated carbocycles. The van der Waals surface area contributed by atoms with E-state index < -0.39 is 0 Å². The van der Waals surface area contributed by atoms with E-state index in [9.17, 15) is 0 Å². The van der Waals surface area contributed by atoms with Crippen molar-refractivity contribution in [2.24, 2.45) is 0 Å². The number of hydrogen-bond acceptors (Lipinski definition) is 8. The maximum atomic E-state index is 4.60. The Morgan fingerprint density at radius 3 is 2.83 bits per heavy atom. The van der Waals surface area contributed by atoms with Gasteiger partial charge in [0.25, 0.3) is 0 Å². The van der Waals surface area contributed by atoms with Crippen LogP contribution in [0, 0.1) is 0 Å². The molecule has 0 radical (unpaired) electrons. The van der Waals surface area contributed by atoms with Crippen molar-refractivity contribution in [2.75, 3.05) is 17.2 Å². The number of hydrogen-bond donors (Lipinski definition) is 2. The second-order valence-corrected chi connectivity index (χ2v) is 7.78. The summed E-state index contributed by atoms with van der Waals surface area (Å²) in [6.07, 6.45) is 1.08. The molecule has 0 fully saturated rings. The Labute approximate surface area is 147 Å². The number of thioether (sulfide) groups is 1. The maximum absolute atomic E-state index is 4.60. The lowest BCUT2D eigenvalue weighted by Crippen LogP contribution is -1.98. The largest absolute Gasteiger partial charge is 0.360 e. The highest BCUT2D eigenvalue weighted by atomic mass is 32.2. The van der Waals surface area contributed by atoms with Gasteiger partial charge in [-0.2, -0.15) is 0 Å². The molecule has 0 unspecified atom stereocenters. The molecule has 8 heteroatoms. The minimum absolute atomic E-state index is 0.801. The monoisotopic (exact) mass is 363 g/mol. The van der Waals surface area contributed by atoms with Gasteiger partial charge in [-0.25, -0.2) is 4.98 Å². The number of rotatable bonds is 8. The topological polar surface area (TPSA) is 62.7 Å². The summed E-state index contributed by atoms with van der Waals surface area (Å²) < 4.78 is 0.967. The summed E-state index contributed by atoms with van der Waals surface area (Å²) in [5, 5.41) is 18.8. The Hall–Kier alpha value is -1.64. The summed E-state index contributed by atoms with van der Waals surface area (Å²) in [4.78, 5) is 4.60. The fraction of sp³-hybridized carbons (Fsp3) is 0.267. The summed E-state index contributed by atoms with van der Waals surface area (Å²) in [6.45, 7) is 3.06. The van der Waals surface area contributed by atoms with E-state index in [1.807, 2.05) is 30.3 Å². The first kappa shape index (κ1) is 16.2. The summed E-state index contributed by atoms with van der Waals surface area (Å²) in [5.41, 5.74) is 2.11. The SMILES string of the molecule is CCCNc1nnc(SCc2csc(Nc3ccccc3)n2)s1. The van der Waals surface area contributed by atoms with E-state index in [1.54, 1.807) is 34.4 Å². The molecule has 0 bridgehead atoms. The van der Waals surface area contributed by atoms with Gasteiger partial charge in [0.15, 0.2) is 9.47 Å². The van der Waals surface area contributed by atoms with E-state index in [2.05, 4.69) is 38.1 Å². The fourth-order valence-electron chi connectivity index (χ4n) is 1.78. The van der Waals surface area contributed by atoms with E-state index >= 15 is 0 Å². The van der Waals surface area contributed by atoms with Crippen LogP contribution in [0.2, 0.25) is 0 Å². The molecule has 2 heterocycles. The van der Waals surface area contributed by atoms with Crippen molar-refractivity contribution < 1.29 is 0 Å². The maximum Gasteiger partial charge on any atom is 0.206 e. The molecule has 0 amide bonds. The van der Waals surface area contributed by atoms with Crippen LogP contribution in [0.1, 0.15) is 19.0 Å². The molecule has 2 aromatic heterocycles. The second kappa shape index (κ2) is 8.28.